The van der Waals surface area contributed by atoms with E-state index < -0.39 is 6.04 Å². The van der Waals surface area contributed by atoms with E-state index in [1.54, 1.807) is 25.4 Å². The topological polar surface area (TPSA) is 88.3 Å². The molecule has 1 atom stereocenters. The molecular formula is C13H20BrClN4O2. The number of hydrogen-bond donors (Lipinski definition) is 2. The van der Waals surface area contributed by atoms with Crippen molar-refractivity contribution in [3.05, 3.63) is 22.8 Å². The Morgan fingerprint density at radius 3 is 2.52 bits per heavy atom. The summed E-state index contributed by atoms with van der Waals surface area (Å²) in [5, 5.41) is 2.62. The number of nitrogens with one attached hydrogen (secondary N) is 1. The van der Waals surface area contributed by atoms with Crippen LogP contribution in [-0.2, 0) is 9.59 Å². The number of carbonyl (C=O) groups excluding carboxylic acids is 2. The van der Waals surface area contributed by atoms with Crippen molar-refractivity contribution in [3.8, 4) is 0 Å². The van der Waals surface area contributed by atoms with Gasteiger partial charge in [0.1, 0.15) is 5.82 Å². The summed E-state index contributed by atoms with van der Waals surface area (Å²) < 4.78 is 0.825. The summed E-state index contributed by atoms with van der Waals surface area (Å²) in [5.41, 5.74) is 5.77. The largest absolute Gasteiger partial charge is 0.335 e. The predicted molar refractivity (Wildman–Crippen MR) is 88.3 cm³/mol. The van der Waals surface area contributed by atoms with E-state index >= 15 is 0 Å². The normalized spacial score (nSPS) is 11.5. The Hall–Kier alpha value is -1.18. The second kappa shape index (κ2) is 8.96. The number of aromatic nitrogens is 1. The number of rotatable bonds is 5. The van der Waals surface area contributed by atoms with Crippen LogP contribution in [0, 0.1) is 5.92 Å². The Kier molecular flexibility index (Phi) is 8.46. The smallest absolute Gasteiger partial charge is 0.245 e. The standard InChI is InChI=1S/C13H19BrN4O2.ClH/c1-8(2)12(15)13(20)18(3)7-11(19)17-10-5-4-9(14)6-16-10;/h4-6,8,12H,7,15H2,1-3H3,(H,16,17,19);1H/t12-;/m0./s1. The molecule has 21 heavy (non-hydrogen) atoms. The van der Waals surface area contributed by atoms with E-state index in [0.29, 0.717) is 5.82 Å². The minimum Gasteiger partial charge on any atom is -0.335 e. The number of anilines is 1. The lowest BCUT2D eigenvalue weighted by Gasteiger charge is -2.22. The van der Waals surface area contributed by atoms with Crippen LogP contribution in [-0.4, -0.2) is 41.3 Å². The summed E-state index contributed by atoms with van der Waals surface area (Å²) in [6.45, 7) is 3.67. The Bertz CT molecular complexity index is 482. The average Bonchev–Trinajstić information content (AvgIpc) is 2.39. The fourth-order valence-electron chi connectivity index (χ4n) is 1.47. The molecule has 0 spiro atoms. The van der Waals surface area contributed by atoms with Crippen LogP contribution in [0.25, 0.3) is 0 Å². The highest BCUT2D eigenvalue weighted by molar-refractivity contribution is 9.10. The molecule has 0 bridgehead atoms. The molecule has 0 unspecified atom stereocenters. The molecule has 0 saturated heterocycles. The number of nitrogens with zero attached hydrogens (tertiary/aromatic N) is 2. The number of pyridine rings is 1. The van der Waals surface area contributed by atoms with Crippen molar-refractivity contribution in [2.75, 3.05) is 18.9 Å². The molecule has 0 aliphatic carbocycles. The third-order valence-corrected chi connectivity index (χ3v) is 3.22. The van der Waals surface area contributed by atoms with Gasteiger partial charge in [0, 0.05) is 17.7 Å². The van der Waals surface area contributed by atoms with Crippen LogP contribution >= 0.6 is 28.3 Å². The zero-order valence-electron chi connectivity index (χ0n) is 12.2. The second-order valence-corrected chi connectivity index (χ2v) is 5.79. The second-order valence-electron chi connectivity index (χ2n) is 4.87. The van der Waals surface area contributed by atoms with Crippen molar-refractivity contribution in [1.82, 2.24) is 9.88 Å². The summed E-state index contributed by atoms with van der Waals surface area (Å²) >= 11 is 3.26. The lowest BCUT2D eigenvalue weighted by atomic mass is 10.0. The molecule has 2 amide bonds. The molecule has 0 fully saturated rings. The van der Waals surface area contributed by atoms with E-state index in [2.05, 4.69) is 26.2 Å². The van der Waals surface area contributed by atoms with Gasteiger partial charge in [-0.05, 0) is 34.0 Å². The Labute approximate surface area is 139 Å². The Morgan fingerprint density at radius 1 is 1.43 bits per heavy atom. The van der Waals surface area contributed by atoms with E-state index in [4.69, 9.17) is 5.73 Å². The van der Waals surface area contributed by atoms with Gasteiger partial charge >= 0.3 is 0 Å². The summed E-state index contributed by atoms with van der Waals surface area (Å²) in [5.74, 6) is -0.0982. The monoisotopic (exact) mass is 378 g/mol. The molecule has 1 rings (SSSR count). The van der Waals surface area contributed by atoms with E-state index in [0.717, 1.165) is 4.47 Å². The van der Waals surface area contributed by atoms with Crippen molar-refractivity contribution in [3.63, 3.8) is 0 Å². The van der Waals surface area contributed by atoms with E-state index in [1.807, 2.05) is 13.8 Å². The van der Waals surface area contributed by atoms with Crippen molar-refractivity contribution >= 4 is 46.0 Å². The number of carbonyl (C=O) groups is 2. The highest BCUT2D eigenvalue weighted by atomic mass is 79.9. The van der Waals surface area contributed by atoms with Crippen molar-refractivity contribution in [2.45, 2.75) is 19.9 Å². The highest BCUT2D eigenvalue weighted by Gasteiger charge is 2.22. The maximum atomic E-state index is 11.9. The molecule has 3 N–H and O–H groups in total. The van der Waals surface area contributed by atoms with Gasteiger partial charge in [0.15, 0.2) is 0 Å². The molecule has 0 radical (unpaired) electrons. The van der Waals surface area contributed by atoms with Crippen LogP contribution in [0.1, 0.15) is 13.8 Å². The molecule has 8 heteroatoms. The predicted octanol–water partition coefficient (Wildman–Crippen LogP) is 1.65. The Morgan fingerprint density at radius 2 is 2.05 bits per heavy atom. The Balaban J connectivity index is 0.00000400. The highest BCUT2D eigenvalue weighted by Crippen LogP contribution is 2.10. The molecule has 1 aromatic rings. The van der Waals surface area contributed by atoms with Gasteiger partial charge in [-0.25, -0.2) is 4.98 Å². The molecule has 0 saturated carbocycles. The molecule has 0 aliphatic heterocycles. The fraction of sp³-hybridized carbons (Fsp3) is 0.462. The zero-order chi connectivity index (χ0) is 15.3. The van der Waals surface area contributed by atoms with Crippen molar-refractivity contribution < 1.29 is 9.59 Å². The fourth-order valence-corrected chi connectivity index (χ4v) is 1.70. The molecule has 1 heterocycles. The lowest BCUT2D eigenvalue weighted by molar-refractivity contribution is -0.135. The van der Waals surface area contributed by atoms with Crippen LogP contribution in [0.5, 0.6) is 0 Å². The summed E-state index contributed by atoms with van der Waals surface area (Å²) in [7, 11) is 1.55. The van der Waals surface area contributed by atoms with E-state index in [1.165, 1.54) is 4.90 Å². The minimum atomic E-state index is -0.599. The summed E-state index contributed by atoms with van der Waals surface area (Å²) in [6, 6.07) is 2.84. The number of likely N-dealkylation sites (N-methyl/N-ethyl adjacent to an activating group) is 1. The van der Waals surface area contributed by atoms with Gasteiger partial charge in [-0.2, -0.15) is 0 Å². The number of nitrogens with two attached hydrogens (primary N) is 1. The zero-order valence-corrected chi connectivity index (χ0v) is 14.6. The minimum absolute atomic E-state index is 0. The molecule has 0 aliphatic rings. The summed E-state index contributed by atoms with van der Waals surface area (Å²) in [6.07, 6.45) is 1.58. The maximum absolute atomic E-state index is 11.9. The SMILES string of the molecule is CC(C)[C@H](N)C(=O)N(C)CC(=O)Nc1ccc(Br)cn1.Cl. The van der Waals surface area contributed by atoms with Gasteiger partial charge < -0.3 is 16.0 Å². The van der Waals surface area contributed by atoms with Gasteiger partial charge in [0.25, 0.3) is 0 Å². The quantitative estimate of drug-likeness (QED) is 0.814. The van der Waals surface area contributed by atoms with Crippen LogP contribution in [0.2, 0.25) is 0 Å². The first-order chi connectivity index (χ1) is 9.31. The number of amides is 2. The van der Waals surface area contributed by atoms with Gasteiger partial charge in [-0.3, -0.25) is 9.59 Å². The van der Waals surface area contributed by atoms with Crippen LogP contribution in [0.4, 0.5) is 5.82 Å². The van der Waals surface area contributed by atoms with Gasteiger partial charge in [0.05, 0.1) is 12.6 Å². The van der Waals surface area contributed by atoms with E-state index in [9.17, 15) is 9.59 Å². The van der Waals surface area contributed by atoms with Gasteiger partial charge in [-0.15, -0.1) is 12.4 Å². The first-order valence-electron chi connectivity index (χ1n) is 6.23. The molecule has 1 aromatic heterocycles. The molecule has 6 nitrogen and oxygen atoms in total. The number of halogens is 2. The lowest BCUT2D eigenvalue weighted by Crippen LogP contribution is -2.47. The third-order valence-electron chi connectivity index (χ3n) is 2.76. The van der Waals surface area contributed by atoms with E-state index in [-0.39, 0.29) is 36.7 Å². The number of hydrogen-bond acceptors (Lipinski definition) is 4. The first kappa shape index (κ1) is 19.8. The molecule has 0 aromatic carbocycles. The van der Waals surface area contributed by atoms with Gasteiger partial charge in [-0.1, -0.05) is 13.8 Å². The van der Waals surface area contributed by atoms with Crippen LogP contribution in [0.3, 0.4) is 0 Å². The summed E-state index contributed by atoms with van der Waals surface area (Å²) in [4.78, 5) is 29.1. The third kappa shape index (κ3) is 6.41. The van der Waals surface area contributed by atoms with Crippen LogP contribution < -0.4 is 11.1 Å². The average molecular weight is 380 g/mol. The van der Waals surface area contributed by atoms with Crippen molar-refractivity contribution in [2.24, 2.45) is 11.7 Å². The molecular weight excluding hydrogens is 360 g/mol. The maximum Gasteiger partial charge on any atom is 0.245 e. The van der Waals surface area contributed by atoms with Crippen molar-refractivity contribution in [1.29, 1.82) is 0 Å². The molecule has 118 valence electrons. The van der Waals surface area contributed by atoms with Crippen LogP contribution in [0.15, 0.2) is 22.8 Å². The van der Waals surface area contributed by atoms with Gasteiger partial charge in [0.2, 0.25) is 11.8 Å². The first-order valence-corrected chi connectivity index (χ1v) is 7.02.